The molecule has 2 amide bonds. The molecule has 114 valence electrons. The highest BCUT2D eigenvalue weighted by atomic mass is 16.4. The number of urea groups is 1. The van der Waals surface area contributed by atoms with Crippen LogP contribution in [0.2, 0.25) is 0 Å². The van der Waals surface area contributed by atoms with Gasteiger partial charge >= 0.3 is 18.0 Å². The molecule has 0 aliphatic rings. The van der Waals surface area contributed by atoms with Gasteiger partial charge in [-0.2, -0.15) is 0 Å². The van der Waals surface area contributed by atoms with Gasteiger partial charge in [0, 0.05) is 12.7 Å². The Kier molecular flexibility index (Phi) is 5.29. The SMILES string of the molecule is Cc1ccc(N(C)C(=O)N[C@H](CC(=O)O)C(=O)O)c(C)c1. The molecule has 0 aliphatic heterocycles. The standard InChI is InChI=1S/C14H18N2O5/c1-8-4-5-11(9(2)6-8)16(3)14(21)15-10(13(19)20)7-12(17)18/h4-6,10H,7H2,1-3H3,(H,15,21)(H,17,18)(H,19,20)/t10-/m1/s1. The van der Waals surface area contributed by atoms with E-state index in [1.54, 1.807) is 6.07 Å². The maximum atomic E-state index is 12.0. The Morgan fingerprint density at radius 3 is 2.33 bits per heavy atom. The minimum absolute atomic E-state index is 0.623. The molecule has 0 spiro atoms. The molecule has 0 aromatic heterocycles. The number of carbonyl (C=O) groups is 3. The number of anilines is 1. The molecule has 1 rings (SSSR count). The van der Waals surface area contributed by atoms with Crippen molar-refractivity contribution >= 4 is 23.7 Å². The number of aliphatic carboxylic acids is 2. The van der Waals surface area contributed by atoms with E-state index in [2.05, 4.69) is 5.32 Å². The quantitative estimate of drug-likeness (QED) is 0.760. The third kappa shape index (κ3) is 4.48. The molecule has 1 aromatic rings. The highest BCUT2D eigenvalue weighted by molar-refractivity contribution is 5.95. The summed E-state index contributed by atoms with van der Waals surface area (Å²) >= 11 is 0. The smallest absolute Gasteiger partial charge is 0.326 e. The summed E-state index contributed by atoms with van der Waals surface area (Å²) in [5, 5.41) is 19.8. The first-order valence-corrected chi connectivity index (χ1v) is 6.28. The molecule has 21 heavy (non-hydrogen) atoms. The zero-order valence-electron chi connectivity index (χ0n) is 12.1. The van der Waals surface area contributed by atoms with Crippen LogP contribution in [0.1, 0.15) is 17.5 Å². The summed E-state index contributed by atoms with van der Waals surface area (Å²) in [4.78, 5) is 34.8. The topological polar surface area (TPSA) is 107 Å². The van der Waals surface area contributed by atoms with Crippen LogP contribution >= 0.6 is 0 Å². The van der Waals surface area contributed by atoms with Crippen LogP contribution in [0.5, 0.6) is 0 Å². The van der Waals surface area contributed by atoms with Crippen molar-refractivity contribution in [3.05, 3.63) is 29.3 Å². The Morgan fingerprint density at radius 1 is 1.24 bits per heavy atom. The van der Waals surface area contributed by atoms with E-state index < -0.39 is 30.4 Å². The number of carboxylic acid groups (broad SMARTS) is 2. The highest BCUT2D eigenvalue weighted by Crippen LogP contribution is 2.20. The van der Waals surface area contributed by atoms with Gasteiger partial charge in [-0.15, -0.1) is 0 Å². The van der Waals surface area contributed by atoms with Crippen LogP contribution < -0.4 is 10.2 Å². The summed E-state index contributed by atoms with van der Waals surface area (Å²) in [6, 6.07) is 3.33. The molecule has 1 atom stereocenters. The molecule has 7 heteroatoms. The zero-order valence-corrected chi connectivity index (χ0v) is 12.1. The Balaban J connectivity index is 2.86. The van der Waals surface area contributed by atoms with Gasteiger partial charge in [0.1, 0.15) is 6.04 Å². The van der Waals surface area contributed by atoms with E-state index in [0.717, 1.165) is 11.1 Å². The van der Waals surface area contributed by atoms with E-state index in [0.29, 0.717) is 5.69 Å². The van der Waals surface area contributed by atoms with E-state index in [-0.39, 0.29) is 0 Å². The van der Waals surface area contributed by atoms with E-state index in [9.17, 15) is 14.4 Å². The van der Waals surface area contributed by atoms with Gasteiger partial charge in [-0.05, 0) is 25.5 Å². The van der Waals surface area contributed by atoms with Gasteiger partial charge in [0.25, 0.3) is 0 Å². The van der Waals surface area contributed by atoms with Gasteiger partial charge in [-0.3, -0.25) is 9.69 Å². The lowest BCUT2D eigenvalue weighted by atomic mass is 10.1. The fourth-order valence-corrected chi connectivity index (χ4v) is 1.91. The number of hydrogen-bond donors (Lipinski definition) is 3. The molecule has 0 aliphatic carbocycles. The number of carbonyl (C=O) groups excluding carboxylic acids is 1. The number of aryl methyl sites for hydroxylation is 2. The molecule has 0 unspecified atom stereocenters. The van der Waals surface area contributed by atoms with Crippen molar-refractivity contribution in [2.24, 2.45) is 0 Å². The number of rotatable bonds is 5. The number of carboxylic acids is 2. The second kappa shape index (κ2) is 6.74. The lowest BCUT2D eigenvalue weighted by molar-refractivity contribution is -0.145. The van der Waals surface area contributed by atoms with Crippen molar-refractivity contribution in [2.45, 2.75) is 26.3 Å². The largest absolute Gasteiger partial charge is 0.481 e. The van der Waals surface area contributed by atoms with Crippen LogP contribution in [0, 0.1) is 13.8 Å². The Labute approximate surface area is 122 Å². The van der Waals surface area contributed by atoms with Crippen molar-refractivity contribution in [3.8, 4) is 0 Å². The predicted molar refractivity (Wildman–Crippen MR) is 76.5 cm³/mol. The first-order valence-electron chi connectivity index (χ1n) is 6.28. The van der Waals surface area contributed by atoms with Gasteiger partial charge in [-0.25, -0.2) is 9.59 Å². The van der Waals surface area contributed by atoms with Gasteiger partial charge in [-0.1, -0.05) is 17.7 Å². The molecule has 0 fully saturated rings. The predicted octanol–water partition coefficient (Wildman–Crippen LogP) is 1.38. The van der Waals surface area contributed by atoms with Crippen molar-refractivity contribution < 1.29 is 24.6 Å². The highest BCUT2D eigenvalue weighted by Gasteiger charge is 2.25. The summed E-state index contributed by atoms with van der Waals surface area (Å²) in [7, 11) is 1.49. The summed E-state index contributed by atoms with van der Waals surface area (Å²) in [5.74, 6) is -2.68. The third-order valence-corrected chi connectivity index (χ3v) is 2.99. The molecule has 0 bridgehead atoms. The normalized spacial score (nSPS) is 11.6. The van der Waals surface area contributed by atoms with Crippen molar-refractivity contribution in [2.75, 3.05) is 11.9 Å². The molecular weight excluding hydrogens is 276 g/mol. The molecule has 3 N–H and O–H groups in total. The fourth-order valence-electron chi connectivity index (χ4n) is 1.91. The minimum Gasteiger partial charge on any atom is -0.481 e. The molecule has 0 saturated heterocycles. The number of nitrogens with zero attached hydrogens (tertiary/aromatic N) is 1. The van der Waals surface area contributed by atoms with Crippen LogP contribution in [0.4, 0.5) is 10.5 Å². The van der Waals surface area contributed by atoms with Gasteiger partial charge < -0.3 is 15.5 Å². The fraction of sp³-hybridized carbons (Fsp3) is 0.357. The lowest BCUT2D eigenvalue weighted by Gasteiger charge is -2.22. The second-order valence-corrected chi connectivity index (χ2v) is 4.79. The molecule has 1 aromatic carbocycles. The van der Waals surface area contributed by atoms with Gasteiger partial charge in [0.15, 0.2) is 0 Å². The maximum Gasteiger partial charge on any atom is 0.326 e. The first kappa shape index (κ1) is 16.5. The molecule has 7 nitrogen and oxygen atoms in total. The maximum absolute atomic E-state index is 12.0. The molecular formula is C14H18N2O5. The van der Waals surface area contributed by atoms with E-state index in [1.165, 1.54) is 11.9 Å². The number of benzene rings is 1. The third-order valence-electron chi connectivity index (χ3n) is 2.99. The Hall–Kier alpha value is -2.57. The average molecular weight is 294 g/mol. The summed E-state index contributed by atoms with van der Waals surface area (Å²) in [6.07, 6.45) is -0.679. The van der Waals surface area contributed by atoms with Crippen LogP contribution in [0.3, 0.4) is 0 Å². The molecule has 0 radical (unpaired) electrons. The molecule has 0 saturated carbocycles. The monoisotopic (exact) mass is 294 g/mol. The lowest BCUT2D eigenvalue weighted by Crippen LogP contribution is -2.47. The van der Waals surface area contributed by atoms with E-state index >= 15 is 0 Å². The number of hydrogen-bond acceptors (Lipinski definition) is 3. The van der Waals surface area contributed by atoms with Crippen LogP contribution in [0.15, 0.2) is 18.2 Å². The van der Waals surface area contributed by atoms with Crippen molar-refractivity contribution in [1.29, 1.82) is 0 Å². The summed E-state index contributed by atoms with van der Waals surface area (Å²) in [6.45, 7) is 3.75. The van der Waals surface area contributed by atoms with Crippen molar-refractivity contribution in [1.82, 2.24) is 5.32 Å². The summed E-state index contributed by atoms with van der Waals surface area (Å²) in [5.41, 5.74) is 2.52. The first-order chi connectivity index (χ1) is 9.72. The minimum atomic E-state index is -1.47. The second-order valence-electron chi connectivity index (χ2n) is 4.79. The zero-order chi connectivity index (χ0) is 16.2. The van der Waals surface area contributed by atoms with Crippen LogP contribution in [-0.2, 0) is 9.59 Å². The Morgan fingerprint density at radius 2 is 1.86 bits per heavy atom. The molecule has 0 heterocycles. The number of nitrogens with one attached hydrogen (secondary N) is 1. The van der Waals surface area contributed by atoms with Gasteiger partial charge in [0.2, 0.25) is 0 Å². The number of amides is 2. The average Bonchev–Trinajstić information content (AvgIpc) is 2.36. The van der Waals surface area contributed by atoms with Crippen molar-refractivity contribution in [3.63, 3.8) is 0 Å². The Bertz CT molecular complexity index is 570. The van der Waals surface area contributed by atoms with Crippen LogP contribution in [0.25, 0.3) is 0 Å². The summed E-state index contributed by atoms with van der Waals surface area (Å²) < 4.78 is 0. The van der Waals surface area contributed by atoms with Crippen LogP contribution in [-0.4, -0.2) is 41.3 Å². The van der Waals surface area contributed by atoms with Gasteiger partial charge in [0.05, 0.1) is 6.42 Å². The van der Waals surface area contributed by atoms with E-state index in [1.807, 2.05) is 26.0 Å². The van der Waals surface area contributed by atoms with E-state index in [4.69, 9.17) is 10.2 Å².